The van der Waals surface area contributed by atoms with Crippen molar-refractivity contribution in [3.8, 4) is 11.1 Å². The Labute approximate surface area is 119 Å². The molecule has 0 aliphatic rings. The molecule has 0 aliphatic carbocycles. The normalized spacial score (nSPS) is 10.8. The minimum Gasteiger partial charge on any atom is -0.351 e. The minimum absolute atomic E-state index is 0.0199. The first kappa shape index (κ1) is 14.3. The van der Waals surface area contributed by atoms with Crippen molar-refractivity contribution in [1.29, 1.82) is 0 Å². The summed E-state index contributed by atoms with van der Waals surface area (Å²) in [4.78, 5) is 16.2. The van der Waals surface area contributed by atoms with Crippen molar-refractivity contribution in [2.75, 3.05) is 6.54 Å². The molecule has 2 heterocycles. The average Bonchev–Trinajstić information content (AvgIpc) is 2.81. The lowest BCUT2D eigenvalue weighted by Crippen LogP contribution is -2.26. The third kappa shape index (κ3) is 3.47. The van der Waals surface area contributed by atoms with E-state index in [1.165, 1.54) is 0 Å². The first-order valence-electron chi connectivity index (χ1n) is 6.93. The molecule has 106 valence electrons. The summed E-state index contributed by atoms with van der Waals surface area (Å²) < 4.78 is 1.86. The van der Waals surface area contributed by atoms with Gasteiger partial charge in [0.25, 0.3) is 5.91 Å². The van der Waals surface area contributed by atoms with Gasteiger partial charge in [-0.25, -0.2) is 0 Å². The second-order valence-electron chi connectivity index (χ2n) is 5.40. The number of carbonyl (C=O) groups is 1. The van der Waals surface area contributed by atoms with Gasteiger partial charge in [-0.15, -0.1) is 0 Å². The second-order valence-corrected chi connectivity index (χ2v) is 5.40. The first-order chi connectivity index (χ1) is 9.58. The van der Waals surface area contributed by atoms with E-state index >= 15 is 0 Å². The zero-order chi connectivity index (χ0) is 14.5. The van der Waals surface area contributed by atoms with E-state index in [4.69, 9.17) is 0 Å². The zero-order valence-corrected chi connectivity index (χ0v) is 12.3. The Morgan fingerprint density at radius 2 is 2.00 bits per heavy atom. The highest BCUT2D eigenvalue weighted by Crippen LogP contribution is 2.20. The van der Waals surface area contributed by atoms with Crippen molar-refractivity contribution in [2.45, 2.75) is 20.3 Å². The fraction of sp³-hybridized carbons (Fsp3) is 0.375. The molecule has 0 aromatic carbocycles. The number of hydrogen-bond acceptors (Lipinski definition) is 2. The number of aryl methyl sites for hydroxylation is 1. The Balaban J connectivity index is 2.10. The Kier molecular flexibility index (Phi) is 4.56. The number of aromatic nitrogens is 2. The van der Waals surface area contributed by atoms with E-state index in [0.717, 1.165) is 17.5 Å². The van der Waals surface area contributed by atoms with Crippen LogP contribution >= 0.6 is 0 Å². The maximum atomic E-state index is 12.1. The summed E-state index contributed by atoms with van der Waals surface area (Å²) >= 11 is 0. The van der Waals surface area contributed by atoms with Crippen molar-refractivity contribution < 1.29 is 4.79 Å². The van der Waals surface area contributed by atoms with Crippen LogP contribution in [0, 0.1) is 5.92 Å². The number of nitrogens with zero attached hydrogens (tertiary/aromatic N) is 2. The summed E-state index contributed by atoms with van der Waals surface area (Å²) in [6.07, 6.45) is 6.47. The van der Waals surface area contributed by atoms with Gasteiger partial charge < -0.3 is 9.88 Å². The molecule has 1 N–H and O–H groups in total. The predicted octanol–water partition coefficient (Wildman–Crippen LogP) is 2.86. The third-order valence-corrected chi connectivity index (χ3v) is 3.26. The average molecular weight is 271 g/mol. The highest BCUT2D eigenvalue weighted by atomic mass is 16.1. The maximum Gasteiger partial charge on any atom is 0.267 e. The zero-order valence-electron chi connectivity index (χ0n) is 12.3. The molecule has 0 spiro atoms. The lowest BCUT2D eigenvalue weighted by molar-refractivity contribution is 0.0944. The Hall–Kier alpha value is -2.10. The van der Waals surface area contributed by atoms with Crippen LogP contribution < -0.4 is 5.32 Å². The van der Waals surface area contributed by atoms with Crippen LogP contribution in [0.25, 0.3) is 11.1 Å². The van der Waals surface area contributed by atoms with Gasteiger partial charge in [-0.1, -0.05) is 13.8 Å². The summed E-state index contributed by atoms with van der Waals surface area (Å²) in [5.41, 5.74) is 2.78. The topological polar surface area (TPSA) is 46.9 Å². The SMILES string of the molecule is CC(C)CCNC(=O)c1cc(-c2ccncc2)cn1C. The van der Waals surface area contributed by atoms with E-state index in [9.17, 15) is 4.79 Å². The predicted molar refractivity (Wildman–Crippen MR) is 80.4 cm³/mol. The molecule has 0 saturated carbocycles. The molecule has 20 heavy (non-hydrogen) atoms. The Morgan fingerprint density at radius 1 is 1.30 bits per heavy atom. The molecule has 0 radical (unpaired) electrons. The monoisotopic (exact) mass is 271 g/mol. The van der Waals surface area contributed by atoms with E-state index < -0.39 is 0 Å². The van der Waals surface area contributed by atoms with Gasteiger partial charge in [0.1, 0.15) is 5.69 Å². The molecule has 0 atom stereocenters. The van der Waals surface area contributed by atoms with E-state index in [2.05, 4.69) is 24.1 Å². The van der Waals surface area contributed by atoms with Crippen LogP contribution in [-0.2, 0) is 7.05 Å². The lowest BCUT2D eigenvalue weighted by atomic mass is 10.1. The maximum absolute atomic E-state index is 12.1. The molecular weight excluding hydrogens is 250 g/mol. The third-order valence-electron chi connectivity index (χ3n) is 3.26. The molecule has 0 fully saturated rings. The number of rotatable bonds is 5. The van der Waals surface area contributed by atoms with E-state index in [1.54, 1.807) is 12.4 Å². The summed E-state index contributed by atoms with van der Waals surface area (Å²) in [6.45, 7) is 5.01. The van der Waals surface area contributed by atoms with E-state index in [-0.39, 0.29) is 5.91 Å². The molecular formula is C16H21N3O. The van der Waals surface area contributed by atoms with Crippen molar-refractivity contribution >= 4 is 5.91 Å². The minimum atomic E-state index is -0.0199. The molecule has 2 aromatic rings. The van der Waals surface area contributed by atoms with Crippen molar-refractivity contribution in [2.24, 2.45) is 13.0 Å². The van der Waals surface area contributed by atoms with Crippen LogP contribution in [-0.4, -0.2) is 22.0 Å². The fourth-order valence-electron chi connectivity index (χ4n) is 2.06. The van der Waals surface area contributed by atoms with E-state index in [0.29, 0.717) is 18.2 Å². The smallest absolute Gasteiger partial charge is 0.267 e. The van der Waals surface area contributed by atoms with Crippen molar-refractivity contribution in [3.63, 3.8) is 0 Å². The molecule has 2 aromatic heterocycles. The number of pyridine rings is 1. The van der Waals surface area contributed by atoms with Gasteiger partial charge in [0.15, 0.2) is 0 Å². The number of hydrogen-bond donors (Lipinski definition) is 1. The Bertz CT molecular complexity index is 573. The van der Waals surface area contributed by atoms with Gasteiger partial charge in [0, 0.05) is 37.7 Å². The van der Waals surface area contributed by atoms with Gasteiger partial charge in [0.2, 0.25) is 0 Å². The highest BCUT2D eigenvalue weighted by Gasteiger charge is 2.12. The summed E-state index contributed by atoms with van der Waals surface area (Å²) in [5.74, 6) is 0.574. The molecule has 0 saturated heterocycles. The van der Waals surface area contributed by atoms with Gasteiger partial charge in [0.05, 0.1) is 0 Å². The van der Waals surface area contributed by atoms with Crippen LogP contribution in [0.2, 0.25) is 0 Å². The second kappa shape index (κ2) is 6.37. The molecule has 2 rings (SSSR count). The summed E-state index contributed by atoms with van der Waals surface area (Å²) in [7, 11) is 1.89. The van der Waals surface area contributed by atoms with Crippen LogP contribution in [0.5, 0.6) is 0 Å². The fourth-order valence-corrected chi connectivity index (χ4v) is 2.06. The molecule has 4 heteroatoms. The molecule has 1 amide bonds. The molecule has 4 nitrogen and oxygen atoms in total. The van der Waals surface area contributed by atoms with Gasteiger partial charge in [-0.2, -0.15) is 0 Å². The van der Waals surface area contributed by atoms with Crippen LogP contribution in [0.1, 0.15) is 30.8 Å². The molecule has 0 bridgehead atoms. The van der Waals surface area contributed by atoms with Crippen LogP contribution in [0.4, 0.5) is 0 Å². The quantitative estimate of drug-likeness (QED) is 0.909. The van der Waals surface area contributed by atoms with Crippen LogP contribution in [0.3, 0.4) is 0 Å². The summed E-state index contributed by atoms with van der Waals surface area (Å²) in [5, 5.41) is 2.96. The van der Waals surface area contributed by atoms with Gasteiger partial charge in [-0.05, 0) is 36.1 Å². The highest BCUT2D eigenvalue weighted by molar-refractivity contribution is 5.94. The largest absolute Gasteiger partial charge is 0.351 e. The lowest BCUT2D eigenvalue weighted by Gasteiger charge is -2.07. The standard InChI is InChI=1S/C16H21N3O/c1-12(2)4-9-18-16(20)15-10-14(11-19(15)3)13-5-7-17-8-6-13/h5-8,10-12H,4,9H2,1-3H3,(H,18,20). The van der Waals surface area contributed by atoms with Crippen LogP contribution in [0.15, 0.2) is 36.8 Å². The number of nitrogens with one attached hydrogen (secondary N) is 1. The van der Waals surface area contributed by atoms with Crippen molar-refractivity contribution in [1.82, 2.24) is 14.9 Å². The Morgan fingerprint density at radius 3 is 2.65 bits per heavy atom. The number of amides is 1. The first-order valence-corrected chi connectivity index (χ1v) is 6.93. The number of carbonyl (C=O) groups excluding carboxylic acids is 1. The van der Waals surface area contributed by atoms with Gasteiger partial charge >= 0.3 is 0 Å². The van der Waals surface area contributed by atoms with Gasteiger partial charge in [-0.3, -0.25) is 9.78 Å². The van der Waals surface area contributed by atoms with E-state index in [1.807, 2.05) is 36.0 Å². The van der Waals surface area contributed by atoms with Crippen molar-refractivity contribution in [3.05, 3.63) is 42.5 Å². The molecule has 0 aliphatic heterocycles. The summed E-state index contributed by atoms with van der Waals surface area (Å²) in [6, 6.07) is 5.80. The molecule has 0 unspecified atom stereocenters.